The molecule has 0 bridgehead atoms. The summed E-state index contributed by atoms with van der Waals surface area (Å²) >= 11 is 0. The summed E-state index contributed by atoms with van der Waals surface area (Å²) in [6, 6.07) is 6.65. The third-order valence-corrected chi connectivity index (χ3v) is 2.64. The lowest BCUT2D eigenvalue weighted by molar-refractivity contribution is -0.198. The van der Waals surface area contributed by atoms with Gasteiger partial charge in [0, 0.05) is 0 Å². The summed E-state index contributed by atoms with van der Waals surface area (Å²) in [6.07, 6.45) is -4.82. The third-order valence-electron chi connectivity index (χ3n) is 2.64. The zero-order chi connectivity index (χ0) is 14.6. The molecule has 0 heterocycles. The van der Waals surface area contributed by atoms with Gasteiger partial charge in [-0.15, -0.1) is 0 Å². The maximum absolute atomic E-state index is 12.5. The van der Waals surface area contributed by atoms with Gasteiger partial charge in [0.05, 0.1) is 0 Å². The number of rotatable bonds is 5. The highest BCUT2D eigenvalue weighted by Gasteiger charge is 2.45. The van der Waals surface area contributed by atoms with Crippen molar-refractivity contribution in [1.82, 2.24) is 0 Å². The fraction of sp³-hybridized carbons (Fsp3) is 0.462. The van der Waals surface area contributed by atoms with Gasteiger partial charge in [0.1, 0.15) is 12.4 Å². The summed E-state index contributed by atoms with van der Waals surface area (Å²) < 4.78 is 42.5. The van der Waals surface area contributed by atoms with E-state index in [4.69, 9.17) is 9.84 Å². The number of carbonyl (C=O) groups is 1. The van der Waals surface area contributed by atoms with E-state index in [9.17, 15) is 18.0 Å². The van der Waals surface area contributed by atoms with E-state index in [1.54, 1.807) is 18.2 Å². The molecule has 0 amide bonds. The van der Waals surface area contributed by atoms with Crippen LogP contribution in [0.1, 0.15) is 25.3 Å². The molecule has 1 aromatic carbocycles. The molecule has 0 radical (unpaired) electrons. The zero-order valence-electron chi connectivity index (χ0n) is 10.6. The molecule has 0 aliphatic carbocycles. The molecule has 0 saturated carbocycles. The number of benzene rings is 1. The molecule has 0 aliphatic rings. The van der Waals surface area contributed by atoms with Gasteiger partial charge in [0.2, 0.25) is 0 Å². The molecule has 1 aromatic rings. The molecular weight excluding hydrogens is 261 g/mol. The van der Waals surface area contributed by atoms with E-state index in [1.165, 1.54) is 6.07 Å². The molecule has 6 heteroatoms. The number of ether oxygens (including phenoxy) is 1. The van der Waals surface area contributed by atoms with Crippen molar-refractivity contribution in [2.45, 2.75) is 25.9 Å². The van der Waals surface area contributed by atoms with Crippen LogP contribution < -0.4 is 4.74 Å². The van der Waals surface area contributed by atoms with Gasteiger partial charge in [-0.3, -0.25) is 4.79 Å². The molecule has 19 heavy (non-hydrogen) atoms. The number of carboxylic acid groups (broad SMARTS) is 1. The Kier molecular flexibility index (Phi) is 4.80. The van der Waals surface area contributed by atoms with E-state index in [0.717, 1.165) is 5.56 Å². The van der Waals surface area contributed by atoms with Crippen molar-refractivity contribution in [3.05, 3.63) is 29.8 Å². The van der Waals surface area contributed by atoms with Crippen LogP contribution in [0.3, 0.4) is 0 Å². The Morgan fingerprint density at radius 1 is 1.32 bits per heavy atom. The lowest BCUT2D eigenvalue weighted by atomic mass is 10.0. The first-order chi connectivity index (χ1) is 8.73. The average Bonchev–Trinajstić information content (AvgIpc) is 2.27. The maximum Gasteiger partial charge on any atom is 0.405 e. The van der Waals surface area contributed by atoms with Crippen molar-refractivity contribution in [3.63, 3.8) is 0 Å². The van der Waals surface area contributed by atoms with Gasteiger partial charge in [0.15, 0.2) is 5.92 Å². The van der Waals surface area contributed by atoms with Crippen LogP contribution in [-0.4, -0.2) is 23.9 Å². The number of hydrogen-bond donors (Lipinski definition) is 1. The minimum atomic E-state index is -4.82. The van der Waals surface area contributed by atoms with Gasteiger partial charge in [0.25, 0.3) is 0 Å². The second-order valence-electron chi connectivity index (χ2n) is 4.44. The topological polar surface area (TPSA) is 46.5 Å². The molecule has 0 saturated heterocycles. The summed E-state index contributed by atoms with van der Waals surface area (Å²) in [6.45, 7) is 2.82. The monoisotopic (exact) mass is 276 g/mol. The normalized spacial score (nSPS) is 13.4. The van der Waals surface area contributed by atoms with E-state index in [-0.39, 0.29) is 11.7 Å². The van der Waals surface area contributed by atoms with E-state index in [2.05, 4.69) is 0 Å². The molecule has 0 aromatic heterocycles. The standard InChI is InChI=1S/C13H15F3O3/c1-8(2)9-5-3-4-6-11(9)19-7-10(12(17)18)13(14,15)16/h3-6,8,10H,7H2,1-2H3,(H,17,18). The Hall–Kier alpha value is -1.72. The molecule has 1 N–H and O–H groups in total. The Balaban J connectivity index is 2.84. The van der Waals surface area contributed by atoms with Crippen LogP contribution in [-0.2, 0) is 4.79 Å². The van der Waals surface area contributed by atoms with Crippen LogP contribution >= 0.6 is 0 Å². The van der Waals surface area contributed by atoms with Gasteiger partial charge < -0.3 is 9.84 Å². The largest absolute Gasteiger partial charge is 0.492 e. The molecule has 0 aliphatic heterocycles. The van der Waals surface area contributed by atoms with E-state index >= 15 is 0 Å². The minimum Gasteiger partial charge on any atom is -0.492 e. The number of alkyl halides is 3. The van der Waals surface area contributed by atoms with Gasteiger partial charge in [-0.25, -0.2) is 0 Å². The molecule has 1 rings (SSSR count). The highest BCUT2D eigenvalue weighted by molar-refractivity contribution is 5.71. The molecular formula is C13H15F3O3. The summed E-state index contributed by atoms with van der Waals surface area (Å²) in [5.41, 5.74) is 0.744. The van der Waals surface area contributed by atoms with Crippen molar-refractivity contribution in [2.24, 2.45) is 5.92 Å². The van der Waals surface area contributed by atoms with Crippen molar-refractivity contribution in [1.29, 1.82) is 0 Å². The Morgan fingerprint density at radius 2 is 1.89 bits per heavy atom. The quantitative estimate of drug-likeness (QED) is 0.896. The summed E-state index contributed by atoms with van der Waals surface area (Å²) in [7, 11) is 0. The lowest BCUT2D eigenvalue weighted by Crippen LogP contribution is -2.35. The minimum absolute atomic E-state index is 0.0744. The highest BCUT2D eigenvalue weighted by Crippen LogP contribution is 2.30. The van der Waals surface area contributed by atoms with Gasteiger partial charge >= 0.3 is 12.1 Å². The number of halogens is 3. The zero-order valence-corrected chi connectivity index (χ0v) is 10.6. The van der Waals surface area contributed by atoms with E-state index in [0.29, 0.717) is 0 Å². The van der Waals surface area contributed by atoms with Gasteiger partial charge in [-0.2, -0.15) is 13.2 Å². The van der Waals surface area contributed by atoms with Crippen molar-refractivity contribution >= 4 is 5.97 Å². The molecule has 1 unspecified atom stereocenters. The van der Waals surface area contributed by atoms with Crippen LogP contribution in [0.25, 0.3) is 0 Å². The van der Waals surface area contributed by atoms with Crippen molar-refractivity contribution in [3.8, 4) is 5.75 Å². The van der Waals surface area contributed by atoms with Crippen molar-refractivity contribution in [2.75, 3.05) is 6.61 Å². The van der Waals surface area contributed by atoms with Crippen LogP contribution in [0.15, 0.2) is 24.3 Å². The first-order valence-electron chi connectivity index (χ1n) is 5.74. The lowest BCUT2D eigenvalue weighted by Gasteiger charge is -2.19. The smallest absolute Gasteiger partial charge is 0.405 e. The SMILES string of the molecule is CC(C)c1ccccc1OCC(C(=O)O)C(F)(F)F. The van der Waals surface area contributed by atoms with E-state index in [1.807, 2.05) is 13.8 Å². The average molecular weight is 276 g/mol. The molecule has 0 spiro atoms. The van der Waals surface area contributed by atoms with Crippen molar-refractivity contribution < 1.29 is 27.8 Å². The Labute approximate surface area is 109 Å². The molecule has 106 valence electrons. The van der Waals surface area contributed by atoms with Crippen LogP contribution in [0, 0.1) is 5.92 Å². The first-order valence-corrected chi connectivity index (χ1v) is 5.74. The fourth-order valence-electron chi connectivity index (χ4n) is 1.57. The maximum atomic E-state index is 12.5. The summed E-state index contributed by atoms with van der Waals surface area (Å²) in [5, 5.41) is 8.57. The third kappa shape index (κ3) is 4.15. The second kappa shape index (κ2) is 5.95. The Morgan fingerprint density at radius 3 is 2.37 bits per heavy atom. The van der Waals surface area contributed by atoms with Gasteiger partial charge in [-0.1, -0.05) is 32.0 Å². The fourth-order valence-corrected chi connectivity index (χ4v) is 1.57. The number of hydrogen-bond acceptors (Lipinski definition) is 2. The summed E-state index contributed by atoms with van der Waals surface area (Å²) in [5.74, 6) is -4.10. The highest BCUT2D eigenvalue weighted by atomic mass is 19.4. The number of para-hydroxylation sites is 1. The molecule has 1 atom stereocenters. The first kappa shape index (κ1) is 15.3. The predicted octanol–water partition coefficient (Wildman–Crippen LogP) is 3.45. The van der Waals surface area contributed by atoms with Gasteiger partial charge in [-0.05, 0) is 17.5 Å². The van der Waals surface area contributed by atoms with Crippen LogP contribution in [0.5, 0.6) is 5.75 Å². The number of carboxylic acids is 1. The second-order valence-corrected chi connectivity index (χ2v) is 4.44. The predicted molar refractivity (Wildman–Crippen MR) is 63.2 cm³/mol. The van der Waals surface area contributed by atoms with Crippen LogP contribution in [0.2, 0.25) is 0 Å². The molecule has 0 fully saturated rings. The number of aliphatic carboxylic acids is 1. The molecule has 3 nitrogen and oxygen atoms in total. The Bertz CT molecular complexity index is 441. The summed E-state index contributed by atoms with van der Waals surface area (Å²) in [4.78, 5) is 10.6. The van der Waals surface area contributed by atoms with E-state index < -0.39 is 24.7 Å². The van der Waals surface area contributed by atoms with Crippen LogP contribution in [0.4, 0.5) is 13.2 Å².